The molecule has 21 heavy (non-hydrogen) atoms. The Morgan fingerprint density at radius 1 is 1.10 bits per heavy atom. The van der Waals surface area contributed by atoms with Crippen molar-refractivity contribution < 1.29 is 4.39 Å². The van der Waals surface area contributed by atoms with Gasteiger partial charge in [0.05, 0.1) is 6.04 Å². The predicted molar refractivity (Wildman–Crippen MR) is 82.2 cm³/mol. The number of hydrogen-bond acceptors (Lipinski definition) is 2. The Morgan fingerprint density at radius 2 is 1.90 bits per heavy atom. The highest BCUT2D eigenvalue weighted by Gasteiger charge is 2.12. The van der Waals surface area contributed by atoms with Gasteiger partial charge in [-0.05, 0) is 36.8 Å². The molecule has 1 N–H and O–H groups in total. The smallest absolute Gasteiger partial charge is 0.207 e. The Labute approximate surface area is 123 Å². The van der Waals surface area contributed by atoms with E-state index in [1.54, 1.807) is 18.3 Å². The molecule has 0 saturated heterocycles. The van der Waals surface area contributed by atoms with E-state index in [1.165, 1.54) is 6.07 Å². The minimum Gasteiger partial charge on any atom is -0.326 e. The third-order valence-electron chi connectivity index (χ3n) is 3.45. The highest BCUT2D eigenvalue weighted by atomic mass is 19.1. The molecule has 3 aromatic rings. The highest BCUT2D eigenvalue weighted by molar-refractivity contribution is 5.53. The fourth-order valence-electron chi connectivity index (χ4n) is 2.30. The molecular weight excluding hydrogens is 265 g/mol. The highest BCUT2D eigenvalue weighted by Crippen LogP contribution is 2.24. The van der Waals surface area contributed by atoms with Gasteiger partial charge in [0.2, 0.25) is 5.95 Å². The number of nitrogens with one attached hydrogen (secondary N) is 1. The predicted octanol–water partition coefficient (Wildman–Crippen LogP) is 4.38. The number of para-hydroxylation sites is 1. The lowest BCUT2D eigenvalue weighted by molar-refractivity contribution is 0.607. The maximum absolute atomic E-state index is 13.4. The summed E-state index contributed by atoms with van der Waals surface area (Å²) in [7, 11) is 0. The first-order chi connectivity index (χ1) is 10.2. The molecule has 1 aromatic heterocycles. The van der Waals surface area contributed by atoms with E-state index >= 15 is 0 Å². The van der Waals surface area contributed by atoms with Crippen molar-refractivity contribution in [2.45, 2.75) is 13.0 Å². The van der Waals surface area contributed by atoms with Crippen molar-refractivity contribution in [1.82, 2.24) is 9.55 Å². The molecule has 0 aliphatic rings. The van der Waals surface area contributed by atoms with Gasteiger partial charge in [-0.15, -0.1) is 0 Å². The van der Waals surface area contributed by atoms with Crippen molar-refractivity contribution in [2.24, 2.45) is 0 Å². The molecular formula is C17H16FN3. The maximum Gasteiger partial charge on any atom is 0.207 e. The molecule has 0 amide bonds. The van der Waals surface area contributed by atoms with Crippen LogP contribution in [0.15, 0.2) is 67.0 Å². The Kier molecular flexibility index (Phi) is 3.69. The second kappa shape index (κ2) is 5.79. The monoisotopic (exact) mass is 281 g/mol. The van der Waals surface area contributed by atoms with Crippen LogP contribution in [0.1, 0.15) is 18.5 Å². The van der Waals surface area contributed by atoms with Crippen LogP contribution in [0.3, 0.4) is 0 Å². The summed E-state index contributed by atoms with van der Waals surface area (Å²) in [6, 6.07) is 16.5. The summed E-state index contributed by atoms with van der Waals surface area (Å²) < 4.78 is 15.4. The second-order valence-electron chi connectivity index (χ2n) is 4.88. The van der Waals surface area contributed by atoms with E-state index in [1.807, 2.05) is 54.1 Å². The molecule has 0 saturated carbocycles. The number of hydrogen-bond donors (Lipinski definition) is 1. The van der Waals surface area contributed by atoms with Crippen molar-refractivity contribution in [1.29, 1.82) is 0 Å². The van der Waals surface area contributed by atoms with Gasteiger partial charge in [0.15, 0.2) is 0 Å². The first-order valence-corrected chi connectivity index (χ1v) is 6.84. The molecule has 1 unspecified atom stereocenters. The van der Waals surface area contributed by atoms with Crippen molar-refractivity contribution in [3.8, 4) is 0 Å². The summed E-state index contributed by atoms with van der Waals surface area (Å²) in [4.78, 5) is 4.34. The van der Waals surface area contributed by atoms with Crippen LogP contribution in [-0.4, -0.2) is 9.55 Å². The Hall–Kier alpha value is -2.62. The van der Waals surface area contributed by atoms with Gasteiger partial charge in [-0.3, -0.25) is 0 Å². The van der Waals surface area contributed by atoms with E-state index in [4.69, 9.17) is 0 Å². The average molecular weight is 281 g/mol. The third-order valence-corrected chi connectivity index (χ3v) is 3.45. The largest absolute Gasteiger partial charge is 0.326 e. The number of halogens is 1. The summed E-state index contributed by atoms with van der Waals surface area (Å²) in [5.74, 6) is 0.509. The zero-order chi connectivity index (χ0) is 14.7. The summed E-state index contributed by atoms with van der Waals surface area (Å²) in [5.41, 5.74) is 1.88. The summed E-state index contributed by atoms with van der Waals surface area (Å²) in [6.45, 7) is 2.02. The van der Waals surface area contributed by atoms with Crippen LogP contribution >= 0.6 is 0 Å². The zero-order valence-corrected chi connectivity index (χ0v) is 11.7. The van der Waals surface area contributed by atoms with Crippen molar-refractivity contribution >= 4 is 11.6 Å². The fraction of sp³-hybridized carbons (Fsp3) is 0.118. The Balaban J connectivity index is 1.88. The van der Waals surface area contributed by atoms with Crippen LogP contribution in [0.5, 0.6) is 0 Å². The van der Waals surface area contributed by atoms with E-state index in [0.717, 1.165) is 17.2 Å². The third kappa shape index (κ3) is 2.94. The van der Waals surface area contributed by atoms with Crippen LogP contribution in [0.25, 0.3) is 0 Å². The van der Waals surface area contributed by atoms with Crippen molar-refractivity contribution in [3.63, 3.8) is 0 Å². The van der Waals surface area contributed by atoms with E-state index in [9.17, 15) is 4.39 Å². The second-order valence-corrected chi connectivity index (χ2v) is 4.88. The molecule has 3 rings (SSSR count). The number of rotatable bonds is 4. The SMILES string of the molecule is CC(c1cccc(F)c1)n1ccnc1Nc1ccccc1. The normalized spacial score (nSPS) is 12.1. The van der Waals surface area contributed by atoms with Crippen LogP contribution in [0.2, 0.25) is 0 Å². The zero-order valence-electron chi connectivity index (χ0n) is 11.7. The molecule has 4 heteroatoms. The van der Waals surface area contributed by atoms with Gasteiger partial charge in [0.1, 0.15) is 5.82 Å². The quantitative estimate of drug-likeness (QED) is 0.769. The Bertz CT molecular complexity index is 722. The lowest BCUT2D eigenvalue weighted by Crippen LogP contribution is -2.09. The maximum atomic E-state index is 13.4. The van der Waals surface area contributed by atoms with Crippen LogP contribution in [0, 0.1) is 5.82 Å². The van der Waals surface area contributed by atoms with Gasteiger partial charge >= 0.3 is 0 Å². The lowest BCUT2D eigenvalue weighted by Gasteiger charge is -2.17. The van der Waals surface area contributed by atoms with Crippen LogP contribution < -0.4 is 5.32 Å². The minimum absolute atomic E-state index is 0.00517. The summed E-state index contributed by atoms with van der Waals surface area (Å²) in [5, 5.41) is 3.28. The fourth-order valence-corrected chi connectivity index (χ4v) is 2.30. The lowest BCUT2D eigenvalue weighted by atomic mass is 10.1. The van der Waals surface area contributed by atoms with E-state index in [2.05, 4.69) is 10.3 Å². The van der Waals surface area contributed by atoms with Gasteiger partial charge in [0.25, 0.3) is 0 Å². The van der Waals surface area contributed by atoms with E-state index < -0.39 is 0 Å². The molecule has 106 valence electrons. The molecule has 0 spiro atoms. The van der Waals surface area contributed by atoms with Gasteiger partial charge < -0.3 is 9.88 Å². The molecule has 1 heterocycles. The average Bonchev–Trinajstić information content (AvgIpc) is 2.95. The first-order valence-electron chi connectivity index (χ1n) is 6.84. The topological polar surface area (TPSA) is 29.9 Å². The van der Waals surface area contributed by atoms with Crippen LogP contribution in [-0.2, 0) is 0 Å². The molecule has 0 aliphatic carbocycles. The molecule has 0 bridgehead atoms. The van der Waals surface area contributed by atoms with Crippen molar-refractivity contribution in [3.05, 3.63) is 78.4 Å². The first kappa shape index (κ1) is 13.4. The Morgan fingerprint density at radius 3 is 2.67 bits per heavy atom. The summed E-state index contributed by atoms with van der Waals surface area (Å²) >= 11 is 0. The van der Waals surface area contributed by atoms with Gasteiger partial charge in [-0.2, -0.15) is 0 Å². The molecule has 2 aromatic carbocycles. The number of imidazole rings is 1. The van der Waals surface area contributed by atoms with E-state index in [-0.39, 0.29) is 11.9 Å². The van der Waals surface area contributed by atoms with Gasteiger partial charge in [-0.25, -0.2) is 9.37 Å². The molecule has 0 fully saturated rings. The number of aromatic nitrogens is 2. The number of benzene rings is 2. The minimum atomic E-state index is -0.225. The van der Waals surface area contributed by atoms with Gasteiger partial charge in [-0.1, -0.05) is 30.3 Å². The number of nitrogens with zero attached hydrogens (tertiary/aromatic N) is 2. The van der Waals surface area contributed by atoms with Crippen LogP contribution in [0.4, 0.5) is 16.0 Å². The standard InChI is InChI=1S/C17H16FN3/c1-13(14-6-5-7-15(18)12-14)21-11-10-19-17(21)20-16-8-3-2-4-9-16/h2-13H,1H3,(H,19,20). The van der Waals surface area contributed by atoms with Gasteiger partial charge in [0, 0.05) is 18.1 Å². The molecule has 1 atom stereocenters. The molecule has 3 nitrogen and oxygen atoms in total. The molecule has 0 radical (unpaired) electrons. The van der Waals surface area contributed by atoms with E-state index in [0.29, 0.717) is 0 Å². The molecule has 0 aliphatic heterocycles. The summed E-state index contributed by atoms with van der Waals surface area (Å²) in [6.07, 6.45) is 3.63. The van der Waals surface area contributed by atoms with Crippen molar-refractivity contribution in [2.75, 3.05) is 5.32 Å². The number of anilines is 2.